The number of carboxylic acids is 1. The van der Waals surface area contributed by atoms with Gasteiger partial charge in [-0.05, 0) is 42.7 Å². The number of carboxylic acid groups (broad SMARTS) is 1. The van der Waals surface area contributed by atoms with Crippen LogP contribution in [0.15, 0.2) is 47.1 Å². The summed E-state index contributed by atoms with van der Waals surface area (Å²) in [6.07, 6.45) is 4.65. The number of aryl methyl sites for hydroxylation is 1. The predicted octanol–water partition coefficient (Wildman–Crippen LogP) is 3.19. The van der Waals surface area contributed by atoms with Crippen LogP contribution < -0.4 is 10.6 Å². The number of nitrogens with one attached hydrogen (secondary N) is 2. The maximum Gasteiger partial charge on any atom is 0.321 e. The molecular weight excluding hydrogens is 320 g/mol. The van der Waals surface area contributed by atoms with E-state index in [1.807, 2.05) is 24.3 Å². The van der Waals surface area contributed by atoms with Crippen molar-refractivity contribution < 1.29 is 19.1 Å². The van der Waals surface area contributed by atoms with Crippen molar-refractivity contribution in [3.05, 3.63) is 54.0 Å². The summed E-state index contributed by atoms with van der Waals surface area (Å²) in [6, 6.07) is 10.1. The Bertz CT molecular complexity index is 665. The molecule has 2 aromatic rings. The van der Waals surface area contributed by atoms with Gasteiger partial charge in [0.05, 0.1) is 19.2 Å². The van der Waals surface area contributed by atoms with Gasteiger partial charge in [-0.15, -0.1) is 0 Å². The Morgan fingerprint density at radius 2 is 1.96 bits per heavy atom. The SMILES string of the molecule is CCCCc1ccc(NC(=O)C[C@H](NCc2ccco2)C(=O)O)cc1. The molecule has 3 N–H and O–H groups in total. The van der Waals surface area contributed by atoms with Crippen molar-refractivity contribution >= 4 is 17.6 Å². The highest BCUT2D eigenvalue weighted by Crippen LogP contribution is 2.12. The minimum absolute atomic E-state index is 0.159. The van der Waals surface area contributed by atoms with Gasteiger partial charge in [-0.1, -0.05) is 25.5 Å². The van der Waals surface area contributed by atoms with Gasteiger partial charge in [-0.3, -0.25) is 14.9 Å². The molecule has 2 rings (SSSR count). The van der Waals surface area contributed by atoms with E-state index in [9.17, 15) is 14.7 Å². The lowest BCUT2D eigenvalue weighted by atomic mass is 10.1. The van der Waals surface area contributed by atoms with Crippen LogP contribution in [0.1, 0.15) is 37.5 Å². The van der Waals surface area contributed by atoms with Gasteiger partial charge in [0.25, 0.3) is 0 Å². The fraction of sp³-hybridized carbons (Fsp3) is 0.368. The van der Waals surface area contributed by atoms with Gasteiger partial charge in [0.2, 0.25) is 5.91 Å². The maximum absolute atomic E-state index is 12.1. The van der Waals surface area contributed by atoms with E-state index in [1.165, 1.54) is 11.8 Å². The number of amides is 1. The van der Waals surface area contributed by atoms with Crippen LogP contribution in [0.3, 0.4) is 0 Å². The van der Waals surface area contributed by atoms with Gasteiger partial charge in [-0.25, -0.2) is 0 Å². The molecule has 1 heterocycles. The smallest absolute Gasteiger partial charge is 0.321 e. The van der Waals surface area contributed by atoms with Crippen LogP contribution in [0.4, 0.5) is 5.69 Å². The van der Waals surface area contributed by atoms with Crippen molar-refractivity contribution in [3.8, 4) is 0 Å². The largest absolute Gasteiger partial charge is 0.480 e. The zero-order valence-corrected chi connectivity index (χ0v) is 14.3. The molecule has 0 aliphatic rings. The lowest BCUT2D eigenvalue weighted by molar-refractivity contribution is -0.141. The lowest BCUT2D eigenvalue weighted by Crippen LogP contribution is -2.39. The Labute approximate surface area is 147 Å². The summed E-state index contributed by atoms with van der Waals surface area (Å²) in [5.41, 5.74) is 1.89. The number of hydrogen-bond acceptors (Lipinski definition) is 4. The number of hydrogen-bond donors (Lipinski definition) is 3. The summed E-state index contributed by atoms with van der Waals surface area (Å²) >= 11 is 0. The first-order chi connectivity index (χ1) is 12.1. The number of unbranched alkanes of at least 4 members (excludes halogenated alkanes) is 1. The zero-order chi connectivity index (χ0) is 18.1. The normalized spacial score (nSPS) is 11.9. The third-order valence-corrected chi connectivity index (χ3v) is 3.85. The monoisotopic (exact) mass is 344 g/mol. The molecule has 6 heteroatoms. The molecule has 0 spiro atoms. The first-order valence-corrected chi connectivity index (χ1v) is 8.46. The molecule has 0 saturated carbocycles. The molecule has 6 nitrogen and oxygen atoms in total. The van der Waals surface area contributed by atoms with Crippen LogP contribution in [-0.2, 0) is 22.6 Å². The van der Waals surface area contributed by atoms with Crippen molar-refractivity contribution in [2.24, 2.45) is 0 Å². The molecule has 25 heavy (non-hydrogen) atoms. The summed E-state index contributed by atoms with van der Waals surface area (Å²) in [5.74, 6) is -0.799. The van der Waals surface area contributed by atoms with Crippen LogP contribution in [-0.4, -0.2) is 23.0 Å². The fourth-order valence-corrected chi connectivity index (χ4v) is 2.42. The van der Waals surface area contributed by atoms with Gasteiger partial charge < -0.3 is 14.8 Å². The van der Waals surface area contributed by atoms with Crippen molar-refractivity contribution in [2.75, 3.05) is 5.32 Å². The van der Waals surface area contributed by atoms with Gasteiger partial charge >= 0.3 is 5.97 Å². The third kappa shape index (κ3) is 6.43. The van der Waals surface area contributed by atoms with Crippen molar-refractivity contribution in [1.29, 1.82) is 0 Å². The zero-order valence-electron chi connectivity index (χ0n) is 14.3. The number of benzene rings is 1. The Morgan fingerprint density at radius 1 is 1.20 bits per heavy atom. The lowest BCUT2D eigenvalue weighted by Gasteiger charge is -2.14. The predicted molar refractivity (Wildman–Crippen MR) is 95.3 cm³/mol. The Morgan fingerprint density at radius 3 is 2.56 bits per heavy atom. The average molecular weight is 344 g/mol. The number of anilines is 1. The summed E-state index contributed by atoms with van der Waals surface area (Å²) < 4.78 is 5.15. The van der Waals surface area contributed by atoms with Gasteiger partial charge in [-0.2, -0.15) is 0 Å². The Balaban J connectivity index is 1.84. The summed E-state index contributed by atoms with van der Waals surface area (Å²) in [4.78, 5) is 23.4. The average Bonchev–Trinajstić information content (AvgIpc) is 3.11. The number of carbonyl (C=O) groups excluding carboxylic acids is 1. The summed E-state index contributed by atoms with van der Waals surface area (Å²) in [6.45, 7) is 2.40. The van der Waals surface area contributed by atoms with E-state index in [0.717, 1.165) is 19.3 Å². The highest BCUT2D eigenvalue weighted by molar-refractivity contribution is 5.94. The molecule has 0 bridgehead atoms. The third-order valence-electron chi connectivity index (χ3n) is 3.85. The molecule has 1 amide bonds. The second-order valence-electron chi connectivity index (χ2n) is 5.90. The van der Waals surface area contributed by atoms with Gasteiger partial charge in [0.1, 0.15) is 11.8 Å². The topological polar surface area (TPSA) is 91.6 Å². The van der Waals surface area contributed by atoms with Crippen molar-refractivity contribution in [2.45, 2.75) is 45.2 Å². The van der Waals surface area contributed by atoms with Crippen LogP contribution >= 0.6 is 0 Å². The first-order valence-electron chi connectivity index (χ1n) is 8.46. The van der Waals surface area contributed by atoms with E-state index in [4.69, 9.17) is 4.42 Å². The number of furan rings is 1. The highest BCUT2D eigenvalue weighted by Gasteiger charge is 2.21. The minimum atomic E-state index is -1.07. The number of aliphatic carboxylic acids is 1. The van der Waals surface area contributed by atoms with E-state index in [2.05, 4.69) is 17.6 Å². The van der Waals surface area contributed by atoms with Gasteiger partial charge in [0.15, 0.2) is 0 Å². The molecule has 1 aromatic carbocycles. The molecule has 0 aliphatic heterocycles. The van der Waals surface area contributed by atoms with Crippen LogP contribution in [0.5, 0.6) is 0 Å². The minimum Gasteiger partial charge on any atom is -0.480 e. The first kappa shape index (κ1) is 18.7. The molecule has 1 aromatic heterocycles. The summed E-state index contributed by atoms with van der Waals surface area (Å²) in [5, 5.41) is 14.8. The van der Waals surface area contributed by atoms with E-state index >= 15 is 0 Å². The summed E-state index contributed by atoms with van der Waals surface area (Å²) in [7, 11) is 0. The number of carbonyl (C=O) groups is 2. The Kier molecular flexibility index (Phi) is 7.22. The molecule has 1 atom stereocenters. The highest BCUT2D eigenvalue weighted by atomic mass is 16.4. The van der Waals surface area contributed by atoms with E-state index in [0.29, 0.717) is 11.4 Å². The fourth-order valence-electron chi connectivity index (χ4n) is 2.42. The molecule has 0 unspecified atom stereocenters. The standard InChI is InChI=1S/C19H24N2O4/c1-2-3-5-14-7-9-15(10-8-14)21-18(22)12-17(19(23)24)20-13-16-6-4-11-25-16/h4,6-11,17,20H,2-3,5,12-13H2,1H3,(H,21,22)(H,23,24)/t17-/m0/s1. The van der Waals surface area contributed by atoms with Gasteiger partial charge in [0, 0.05) is 5.69 Å². The van der Waals surface area contributed by atoms with Crippen LogP contribution in [0.2, 0.25) is 0 Å². The van der Waals surface area contributed by atoms with Crippen molar-refractivity contribution in [1.82, 2.24) is 5.32 Å². The number of rotatable bonds is 10. The maximum atomic E-state index is 12.1. The molecule has 0 fully saturated rings. The second-order valence-corrected chi connectivity index (χ2v) is 5.90. The Hall–Kier alpha value is -2.60. The van der Waals surface area contributed by atoms with Crippen molar-refractivity contribution in [3.63, 3.8) is 0 Å². The molecule has 0 radical (unpaired) electrons. The van der Waals surface area contributed by atoms with Crippen LogP contribution in [0.25, 0.3) is 0 Å². The molecule has 134 valence electrons. The van der Waals surface area contributed by atoms with Crippen LogP contribution in [0, 0.1) is 0 Å². The quantitative estimate of drug-likeness (QED) is 0.616. The van der Waals surface area contributed by atoms with E-state index in [1.54, 1.807) is 12.1 Å². The molecular formula is C19H24N2O4. The second kappa shape index (κ2) is 9.64. The molecule has 0 aliphatic carbocycles. The molecule has 0 saturated heterocycles. The van der Waals surface area contributed by atoms with E-state index in [-0.39, 0.29) is 18.9 Å². The van der Waals surface area contributed by atoms with E-state index < -0.39 is 12.0 Å².